The summed E-state index contributed by atoms with van der Waals surface area (Å²) >= 11 is 0. The van der Waals surface area contributed by atoms with Gasteiger partial charge in [0.05, 0.1) is 5.60 Å². The van der Waals surface area contributed by atoms with Gasteiger partial charge in [0.2, 0.25) is 11.8 Å². The van der Waals surface area contributed by atoms with Crippen LogP contribution < -0.4 is 5.32 Å². The molecule has 1 rings (SSSR count). The molecule has 1 aliphatic rings. The predicted molar refractivity (Wildman–Crippen MR) is 96.8 cm³/mol. The molecule has 0 aromatic heterocycles. The number of likely N-dealkylation sites (tertiary alicyclic amines) is 1. The topological polar surface area (TPSA) is 58.6 Å². The molecule has 0 bridgehead atoms. The van der Waals surface area contributed by atoms with Crippen molar-refractivity contribution in [3.8, 4) is 0 Å². The molecule has 5 heteroatoms. The Balaban J connectivity index is 2.23. The second-order valence-electron chi connectivity index (χ2n) is 9.04. The van der Waals surface area contributed by atoms with Crippen LogP contribution in [-0.4, -0.2) is 48.1 Å². The SMILES string of the molecule is CC(C)(C)CCCC(=O)NC1CCN(C(=O)COC(C)(C)C)CC1. The van der Waals surface area contributed by atoms with Gasteiger partial charge in [-0.05, 0) is 51.9 Å². The van der Waals surface area contributed by atoms with Gasteiger partial charge in [0, 0.05) is 25.6 Å². The van der Waals surface area contributed by atoms with Crippen LogP contribution in [0, 0.1) is 5.41 Å². The number of nitrogens with one attached hydrogen (secondary N) is 1. The molecule has 0 atom stereocenters. The Labute approximate surface area is 147 Å². The van der Waals surface area contributed by atoms with Crippen LogP contribution >= 0.6 is 0 Å². The molecule has 1 N–H and O–H groups in total. The minimum atomic E-state index is -0.297. The van der Waals surface area contributed by atoms with Crippen LogP contribution in [0.5, 0.6) is 0 Å². The lowest BCUT2D eigenvalue weighted by molar-refractivity contribution is -0.142. The second-order valence-corrected chi connectivity index (χ2v) is 9.04. The van der Waals surface area contributed by atoms with Crippen molar-refractivity contribution in [2.24, 2.45) is 5.41 Å². The van der Waals surface area contributed by atoms with E-state index in [4.69, 9.17) is 4.74 Å². The minimum absolute atomic E-state index is 0.0416. The molecule has 0 unspecified atom stereocenters. The summed E-state index contributed by atoms with van der Waals surface area (Å²) in [7, 11) is 0. The van der Waals surface area contributed by atoms with E-state index in [-0.39, 0.29) is 35.5 Å². The van der Waals surface area contributed by atoms with Crippen LogP contribution in [0.3, 0.4) is 0 Å². The number of ether oxygens (including phenoxy) is 1. The highest BCUT2D eigenvalue weighted by Crippen LogP contribution is 2.21. The van der Waals surface area contributed by atoms with Gasteiger partial charge in [-0.2, -0.15) is 0 Å². The molecule has 0 aromatic rings. The van der Waals surface area contributed by atoms with Crippen LogP contribution in [0.15, 0.2) is 0 Å². The Morgan fingerprint density at radius 3 is 2.17 bits per heavy atom. The minimum Gasteiger partial charge on any atom is -0.366 e. The number of rotatable bonds is 6. The molecule has 2 amide bonds. The highest BCUT2D eigenvalue weighted by Gasteiger charge is 2.25. The summed E-state index contributed by atoms with van der Waals surface area (Å²) in [4.78, 5) is 26.0. The molecule has 24 heavy (non-hydrogen) atoms. The molecular weight excluding hydrogens is 304 g/mol. The molecule has 140 valence electrons. The van der Waals surface area contributed by atoms with Crippen molar-refractivity contribution >= 4 is 11.8 Å². The number of carbonyl (C=O) groups excluding carboxylic acids is 2. The number of hydrogen-bond acceptors (Lipinski definition) is 3. The van der Waals surface area contributed by atoms with Gasteiger partial charge < -0.3 is 15.0 Å². The third kappa shape index (κ3) is 9.26. The average molecular weight is 341 g/mol. The summed E-state index contributed by atoms with van der Waals surface area (Å²) in [6.45, 7) is 13.9. The molecule has 0 spiro atoms. The summed E-state index contributed by atoms with van der Waals surface area (Å²) < 4.78 is 5.55. The van der Waals surface area contributed by atoms with Crippen molar-refractivity contribution in [1.82, 2.24) is 10.2 Å². The lowest BCUT2D eigenvalue weighted by Gasteiger charge is -2.33. The highest BCUT2D eigenvalue weighted by atomic mass is 16.5. The average Bonchev–Trinajstić information content (AvgIpc) is 2.43. The van der Waals surface area contributed by atoms with E-state index in [0.717, 1.165) is 25.7 Å². The maximum Gasteiger partial charge on any atom is 0.248 e. The van der Waals surface area contributed by atoms with Gasteiger partial charge >= 0.3 is 0 Å². The maximum atomic E-state index is 12.1. The largest absolute Gasteiger partial charge is 0.366 e. The first kappa shape index (κ1) is 20.9. The van der Waals surface area contributed by atoms with Gasteiger partial charge in [0.1, 0.15) is 6.61 Å². The van der Waals surface area contributed by atoms with Crippen LogP contribution in [0.4, 0.5) is 0 Å². The van der Waals surface area contributed by atoms with Gasteiger partial charge in [-0.3, -0.25) is 9.59 Å². The van der Waals surface area contributed by atoms with Crippen molar-refractivity contribution in [1.29, 1.82) is 0 Å². The van der Waals surface area contributed by atoms with Gasteiger partial charge in [-0.25, -0.2) is 0 Å². The molecule has 0 radical (unpaired) electrons. The fraction of sp³-hybridized carbons (Fsp3) is 0.895. The zero-order chi connectivity index (χ0) is 18.4. The monoisotopic (exact) mass is 340 g/mol. The first-order valence-electron chi connectivity index (χ1n) is 9.17. The van der Waals surface area contributed by atoms with E-state index in [0.29, 0.717) is 19.5 Å². The highest BCUT2D eigenvalue weighted by molar-refractivity contribution is 5.78. The van der Waals surface area contributed by atoms with Crippen molar-refractivity contribution in [3.05, 3.63) is 0 Å². The normalized spacial score (nSPS) is 17.0. The molecule has 1 heterocycles. The lowest BCUT2D eigenvalue weighted by Crippen LogP contribution is -2.47. The summed E-state index contributed by atoms with van der Waals surface area (Å²) in [5, 5.41) is 3.11. The van der Waals surface area contributed by atoms with Crippen LogP contribution in [0.25, 0.3) is 0 Å². The molecule has 0 aromatic carbocycles. The standard InChI is InChI=1S/C19H36N2O3/c1-18(2,3)11-7-8-16(22)20-15-9-12-21(13-10-15)17(23)14-24-19(4,5)6/h15H,7-14H2,1-6H3,(H,20,22). The van der Waals surface area contributed by atoms with Crippen molar-refractivity contribution in [2.45, 2.75) is 85.3 Å². The van der Waals surface area contributed by atoms with E-state index in [2.05, 4.69) is 26.1 Å². The quantitative estimate of drug-likeness (QED) is 0.808. The summed E-state index contributed by atoms with van der Waals surface area (Å²) in [5.41, 5.74) is -0.0177. The first-order valence-corrected chi connectivity index (χ1v) is 9.17. The fourth-order valence-corrected chi connectivity index (χ4v) is 2.72. The van der Waals surface area contributed by atoms with Crippen molar-refractivity contribution in [3.63, 3.8) is 0 Å². The van der Waals surface area contributed by atoms with Crippen LogP contribution in [-0.2, 0) is 14.3 Å². The van der Waals surface area contributed by atoms with Gasteiger partial charge in [-0.1, -0.05) is 20.8 Å². The smallest absolute Gasteiger partial charge is 0.248 e. The molecule has 0 aliphatic carbocycles. The molecule has 1 fully saturated rings. The summed E-state index contributed by atoms with van der Waals surface area (Å²) in [5.74, 6) is 0.181. The zero-order valence-corrected chi connectivity index (χ0v) is 16.4. The molecule has 5 nitrogen and oxygen atoms in total. The number of carbonyl (C=O) groups is 2. The zero-order valence-electron chi connectivity index (χ0n) is 16.4. The van der Waals surface area contributed by atoms with Gasteiger partial charge in [0.15, 0.2) is 0 Å². The van der Waals surface area contributed by atoms with E-state index in [1.54, 1.807) is 0 Å². The van der Waals surface area contributed by atoms with Crippen molar-refractivity contribution < 1.29 is 14.3 Å². The van der Waals surface area contributed by atoms with Crippen molar-refractivity contribution in [2.75, 3.05) is 19.7 Å². The maximum absolute atomic E-state index is 12.1. The fourth-order valence-electron chi connectivity index (χ4n) is 2.72. The third-order valence-electron chi connectivity index (χ3n) is 4.17. The van der Waals surface area contributed by atoms with E-state index >= 15 is 0 Å². The Bertz CT molecular complexity index is 413. The van der Waals surface area contributed by atoms with E-state index in [1.807, 2.05) is 25.7 Å². The van der Waals surface area contributed by atoms with E-state index < -0.39 is 0 Å². The molecular formula is C19H36N2O3. The number of piperidine rings is 1. The van der Waals surface area contributed by atoms with Gasteiger partial charge in [0.25, 0.3) is 0 Å². The lowest BCUT2D eigenvalue weighted by atomic mass is 9.90. The van der Waals surface area contributed by atoms with Gasteiger partial charge in [-0.15, -0.1) is 0 Å². The number of hydrogen-bond donors (Lipinski definition) is 1. The molecule has 1 saturated heterocycles. The first-order chi connectivity index (χ1) is 11.0. The van der Waals surface area contributed by atoms with E-state index in [9.17, 15) is 9.59 Å². The number of nitrogens with zero attached hydrogens (tertiary/aromatic N) is 1. The van der Waals surface area contributed by atoms with E-state index in [1.165, 1.54) is 0 Å². The summed E-state index contributed by atoms with van der Waals surface area (Å²) in [6.07, 6.45) is 4.23. The molecule has 1 aliphatic heterocycles. The number of amides is 2. The third-order valence-corrected chi connectivity index (χ3v) is 4.17. The predicted octanol–water partition coefficient (Wildman–Crippen LogP) is 3.13. The second kappa shape index (κ2) is 8.84. The Morgan fingerprint density at radius 1 is 1.08 bits per heavy atom. The summed E-state index contributed by atoms with van der Waals surface area (Å²) in [6, 6.07) is 0.194. The Hall–Kier alpha value is -1.10. The Morgan fingerprint density at radius 2 is 1.67 bits per heavy atom. The van der Waals surface area contributed by atoms with Crippen LogP contribution in [0.2, 0.25) is 0 Å². The molecule has 0 saturated carbocycles. The Kier molecular flexibility index (Phi) is 7.71. The van der Waals surface area contributed by atoms with Crippen LogP contribution in [0.1, 0.15) is 73.6 Å².